The van der Waals surface area contributed by atoms with Crippen LogP contribution in [0.5, 0.6) is 0 Å². The number of nitrogens with zero attached hydrogens (tertiary/aromatic N) is 2. The third-order valence-corrected chi connectivity index (χ3v) is 3.67. The van der Waals surface area contributed by atoms with E-state index in [-0.39, 0.29) is 5.56 Å². The van der Waals surface area contributed by atoms with Gasteiger partial charge >= 0.3 is 11.0 Å². The van der Waals surface area contributed by atoms with Gasteiger partial charge in [0.25, 0.3) is 0 Å². The topological polar surface area (TPSA) is 71.7 Å². The number of aromatic nitrogens is 1. The monoisotopic (exact) mass is 330 g/mol. The Bertz CT molecular complexity index is 805. The molecule has 1 aromatic carbocycles. The van der Waals surface area contributed by atoms with Crippen molar-refractivity contribution in [2.45, 2.75) is 13.1 Å². The maximum Gasteiger partial charge on any atom is 0.416 e. The minimum atomic E-state index is -4.61. The summed E-state index contributed by atoms with van der Waals surface area (Å²) in [7, 11) is 0. The maximum atomic E-state index is 12.7. The van der Waals surface area contributed by atoms with Gasteiger partial charge in [-0.1, -0.05) is 28.6 Å². The van der Waals surface area contributed by atoms with Gasteiger partial charge in [0.15, 0.2) is 0 Å². The Balaban J connectivity index is 2.50. The molecule has 0 saturated heterocycles. The zero-order valence-corrected chi connectivity index (χ0v) is 11.9. The molecule has 1 aromatic heterocycles. The lowest BCUT2D eigenvalue weighted by molar-refractivity contribution is -0.137. The van der Waals surface area contributed by atoms with E-state index >= 15 is 0 Å². The molecule has 0 saturated carbocycles. The molecule has 1 heterocycles. The van der Waals surface area contributed by atoms with E-state index in [1.807, 2.05) is 0 Å². The number of thiazole rings is 1. The minimum absolute atomic E-state index is 0.333. The van der Waals surface area contributed by atoms with E-state index in [2.05, 4.69) is 5.16 Å². The van der Waals surface area contributed by atoms with E-state index < -0.39 is 28.2 Å². The van der Waals surface area contributed by atoms with Gasteiger partial charge in [-0.15, -0.1) is 0 Å². The molecule has 9 heteroatoms. The van der Waals surface area contributed by atoms with E-state index in [4.69, 9.17) is 5.21 Å². The Morgan fingerprint density at radius 1 is 1.36 bits per heavy atom. The molecule has 0 unspecified atom stereocenters. The molecule has 22 heavy (non-hydrogen) atoms. The van der Waals surface area contributed by atoms with Crippen LogP contribution in [0, 0.1) is 6.92 Å². The van der Waals surface area contributed by atoms with E-state index in [0.717, 1.165) is 34.1 Å². The average molecular weight is 330 g/mol. The molecule has 0 amide bonds. The highest BCUT2D eigenvalue weighted by Gasteiger charge is 2.31. The average Bonchev–Trinajstić information content (AvgIpc) is 2.79. The summed E-state index contributed by atoms with van der Waals surface area (Å²) in [4.78, 5) is 23.3. The number of benzene rings is 1. The van der Waals surface area contributed by atoms with E-state index in [1.165, 1.54) is 12.3 Å². The second-order valence-corrected chi connectivity index (χ2v) is 5.13. The fourth-order valence-electron chi connectivity index (χ4n) is 1.80. The molecule has 0 fully saturated rings. The highest BCUT2D eigenvalue weighted by molar-refractivity contribution is 7.07. The van der Waals surface area contributed by atoms with Crippen molar-refractivity contribution in [1.82, 2.24) is 4.57 Å². The van der Waals surface area contributed by atoms with Gasteiger partial charge in [0.2, 0.25) is 11.6 Å². The summed E-state index contributed by atoms with van der Waals surface area (Å²) in [5, 5.41) is 13.2. The van der Waals surface area contributed by atoms with Crippen LogP contribution in [0.1, 0.15) is 21.6 Å². The van der Waals surface area contributed by atoms with Gasteiger partial charge in [0.1, 0.15) is 0 Å². The third kappa shape index (κ3) is 2.93. The number of hydrogen-bond donors (Lipinski definition) is 1. The van der Waals surface area contributed by atoms with Crippen LogP contribution in [0.2, 0.25) is 0 Å². The van der Waals surface area contributed by atoms with Gasteiger partial charge in [0, 0.05) is 16.6 Å². The van der Waals surface area contributed by atoms with E-state index in [0.29, 0.717) is 11.8 Å². The van der Waals surface area contributed by atoms with Crippen molar-refractivity contribution in [2.24, 2.45) is 5.16 Å². The Hall–Kier alpha value is -2.42. The first kappa shape index (κ1) is 16.0. The predicted octanol–water partition coefficient (Wildman–Crippen LogP) is 2.76. The summed E-state index contributed by atoms with van der Waals surface area (Å²) in [6, 6.07) is 3.67. The second kappa shape index (κ2) is 5.76. The summed E-state index contributed by atoms with van der Waals surface area (Å²) in [6.07, 6.45) is -4.61. The lowest BCUT2D eigenvalue weighted by Gasteiger charge is -2.09. The van der Waals surface area contributed by atoms with Crippen LogP contribution in [0.3, 0.4) is 0 Å². The Labute approximate surface area is 125 Å². The van der Waals surface area contributed by atoms with E-state index in [1.54, 1.807) is 0 Å². The van der Waals surface area contributed by atoms with Crippen molar-refractivity contribution < 1.29 is 23.2 Å². The first-order valence-electron chi connectivity index (χ1n) is 5.87. The number of carbonyl (C=O) groups excluding carboxylic acids is 1. The van der Waals surface area contributed by atoms with Gasteiger partial charge in [-0.25, -0.2) is 4.57 Å². The van der Waals surface area contributed by atoms with E-state index in [9.17, 15) is 22.8 Å². The molecule has 5 nitrogen and oxygen atoms in total. The number of oxime groups is 1. The quantitative estimate of drug-likeness (QED) is 0.303. The van der Waals surface area contributed by atoms with Crippen molar-refractivity contribution in [2.75, 3.05) is 0 Å². The summed E-state index contributed by atoms with van der Waals surface area (Å²) in [5.41, 5.74) is -1.01. The minimum Gasteiger partial charge on any atom is -0.409 e. The molecule has 0 radical (unpaired) electrons. The van der Waals surface area contributed by atoms with Crippen LogP contribution in [-0.4, -0.2) is 21.4 Å². The van der Waals surface area contributed by atoms with Gasteiger partial charge in [-0.05, 0) is 19.1 Å². The zero-order valence-electron chi connectivity index (χ0n) is 11.1. The number of Topliss-reactive ketones (excluding diaryl/α,β-unsaturated/α-hetero) is 1. The molecule has 0 aliphatic carbocycles. The standard InChI is InChI=1S/C13H9F3N2O3S/c1-7-6-22-12(20)18(7)11(17-21)10(19)8-3-2-4-9(5-8)13(14,15)16/h2-6,21H,1H3/b17-11-. The van der Waals surface area contributed by atoms with Crippen LogP contribution in [0.4, 0.5) is 13.2 Å². The summed E-state index contributed by atoms with van der Waals surface area (Å²) in [5.74, 6) is -1.64. The normalized spacial score (nSPS) is 12.5. The lowest BCUT2D eigenvalue weighted by atomic mass is 10.1. The van der Waals surface area contributed by atoms with Crippen molar-refractivity contribution in [3.8, 4) is 0 Å². The highest BCUT2D eigenvalue weighted by Crippen LogP contribution is 2.29. The molecule has 0 aliphatic rings. The van der Waals surface area contributed by atoms with Crippen molar-refractivity contribution >= 4 is 23.0 Å². The zero-order chi connectivity index (χ0) is 16.5. The van der Waals surface area contributed by atoms with Crippen LogP contribution in [0.15, 0.2) is 39.6 Å². The molecule has 1 N–H and O–H groups in total. The molecule has 116 valence electrons. The van der Waals surface area contributed by atoms with Gasteiger partial charge in [-0.3, -0.25) is 9.59 Å². The van der Waals surface area contributed by atoms with Crippen molar-refractivity contribution in [3.63, 3.8) is 0 Å². The third-order valence-electron chi connectivity index (χ3n) is 2.83. The fraction of sp³-hybridized carbons (Fsp3) is 0.154. The maximum absolute atomic E-state index is 12.7. The molecule has 0 spiro atoms. The Morgan fingerprint density at radius 3 is 2.55 bits per heavy atom. The number of ketones is 1. The number of rotatable bonds is 2. The number of alkyl halides is 3. The highest BCUT2D eigenvalue weighted by atomic mass is 32.1. The number of aryl methyl sites for hydroxylation is 1. The molecule has 2 aromatic rings. The Kier molecular flexibility index (Phi) is 4.18. The number of carbonyl (C=O) groups is 1. The van der Waals surface area contributed by atoms with Crippen LogP contribution < -0.4 is 4.87 Å². The summed E-state index contributed by atoms with van der Waals surface area (Å²) < 4.78 is 38.9. The molecule has 0 aliphatic heterocycles. The lowest BCUT2D eigenvalue weighted by Crippen LogP contribution is -2.31. The second-order valence-electron chi connectivity index (χ2n) is 4.31. The van der Waals surface area contributed by atoms with Gasteiger partial charge < -0.3 is 5.21 Å². The van der Waals surface area contributed by atoms with Crippen molar-refractivity contribution in [1.29, 1.82) is 0 Å². The van der Waals surface area contributed by atoms with Crippen LogP contribution >= 0.6 is 11.3 Å². The molecule has 2 rings (SSSR count). The van der Waals surface area contributed by atoms with Crippen molar-refractivity contribution in [3.05, 3.63) is 56.1 Å². The Morgan fingerprint density at radius 2 is 2.05 bits per heavy atom. The number of halogens is 3. The summed E-state index contributed by atoms with van der Waals surface area (Å²) in [6.45, 7) is 1.50. The molecule has 0 atom stereocenters. The van der Waals surface area contributed by atoms with Gasteiger partial charge in [0.05, 0.1) is 5.56 Å². The first-order valence-corrected chi connectivity index (χ1v) is 6.75. The fourth-order valence-corrected chi connectivity index (χ4v) is 2.51. The first-order chi connectivity index (χ1) is 10.3. The number of hydrogen-bond acceptors (Lipinski definition) is 5. The summed E-state index contributed by atoms with van der Waals surface area (Å²) >= 11 is 0.778. The van der Waals surface area contributed by atoms with Crippen LogP contribution in [0.25, 0.3) is 0 Å². The SMILES string of the molecule is Cc1csc(=O)n1/C(=N\O)C(=O)c1cccc(C(F)(F)F)c1. The predicted molar refractivity (Wildman–Crippen MR) is 73.7 cm³/mol. The van der Waals surface area contributed by atoms with Gasteiger partial charge in [-0.2, -0.15) is 13.2 Å². The molecule has 0 bridgehead atoms. The molecular formula is C13H9F3N2O3S. The van der Waals surface area contributed by atoms with Crippen LogP contribution in [-0.2, 0) is 6.18 Å². The molecular weight excluding hydrogens is 321 g/mol. The smallest absolute Gasteiger partial charge is 0.409 e. The largest absolute Gasteiger partial charge is 0.416 e.